The van der Waals surface area contributed by atoms with E-state index < -0.39 is 17.8 Å². The van der Waals surface area contributed by atoms with Crippen LogP contribution in [0.2, 0.25) is 0 Å². The first kappa shape index (κ1) is 22.7. The molecule has 2 saturated heterocycles. The molecule has 1 atom stereocenters. The van der Waals surface area contributed by atoms with E-state index in [1.807, 2.05) is 6.07 Å². The molecule has 5 rings (SSSR count). The molecule has 6 nitrogen and oxygen atoms in total. The number of hydrogen-bond acceptors (Lipinski definition) is 4. The molecule has 34 heavy (non-hydrogen) atoms. The highest BCUT2D eigenvalue weighted by Crippen LogP contribution is 2.38. The summed E-state index contributed by atoms with van der Waals surface area (Å²) in [6.07, 6.45) is 2.06. The molecule has 0 bridgehead atoms. The second-order valence-corrected chi connectivity index (χ2v) is 9.50. The van der Waals surface area contributed by atoms with Crippen molar-refractivity contribution in [3.05, 3.63) is 69.8 Å². The number of hydrogen-bond donors (Lipinski definition) is 1. The van der Waals surface area contributed by atoms with E-state index >= 15 is 0 Å². The normalized spacial score (nSPS) is 21.7. The van der Waals surface area contributed by atoms with E-state index in [9.17, 15) is 23.2 Å². The number of nitrogens with one attached hydrogen (secondary N) is 1. The van der Waals surface area contributed by atoms with Crippen LogP contribution in [0.4, 0.5) is 8.78 Å². The SMILES string of the molecule is Cc1c(F)cccc1CN1CCC(c2cc(F)cc3c2CN(C2CCC(=O)NC2=O)C3=O)CC1. The van der Waals surface area contributed by atoms with E-state index in [0.717, 1.165) is 42.6 Å². The van der Waals surface area contributed by atoms with Gasteiger partial charge in [-0.2, -0.15) is 0 Å². The minimum Gasteiger partial charge on any atom is -0.322 e. The quantitative estimate of drug-likeness (QED) is 0.700. The van der Waals surface area contributed by atoms with Crippen LogP contribution >= 0.6 is 0 Å². The van der Waals surface area contributed by atoms with Gasteiger partial charge in [0.15, 0.2) is 0 Å². The van der Waals surface area contributed by atoms with Crippen LogP contribution in [0.3, 0.4) is 0 Å². The van der Waals surface area contributed by atoms with Crippen molar-refractivity contribution in [3.8, 4) is 0 Å². The number of nitrogens with zero attached hydrogens (tertiary/aromatic N) is 2. The summed E-state index contributed by atoms with van der Waals surface area (Å²) in [5.41, 5.74) is 3.57. The lowest BCUT2D eigenvalue weighted by molar-refractivity contribution is -0.136. The third-order valence-electron chi connectivity index (χ3n) is 7.46. The Morgan fingerprint density at radius 1 is 1.06 bits per heavy atom. The van der Waals surface area contributed by atoms with Gasteiger partial charge in [-0.3, -0.25) is 24.6 Å². The summed E-state index contributed by atoms with van der Waals surface area (Å²) >= 11 is 0. The number of piperidine rings is 2. The highest BCUT2D eigenvalue weighted by molar-refractivity contribution is 6.05. The summed E-state index contributed by atoms with van der Waals surface area (Å²) in [7, 11) is 0. The van der Waals surface area contributed by atoms with Crippen LogP contribution in [0.15, 0.2) is 30.3 Å². The van der Waals surface area contributed by atoms with Gasteiger partial charge >= 0.3 is 0 Å². The zero-order chi connectivity index (χ0) is 24.0. The Morgan fingerprint density at radius 3 is 2.56 bits per heavy atom. The number of amides is 3. The maximum absolute atomic E-state index is 14.6. The number of imide groups is 1. The lowest BCUT2D eigenvalue weighted by Crippen LogP contribution is -2.52. The van der Waals surface area contributed by atoms with Crippen LogP contribution in [0.5, 0.6) is 0 Å². The molecule has 0 aliphatic carbocycles. The van der Waals surface area contributed by atoms with Gasteiger partial charge < -0.3 is 4.90 Å². The number of carbonyl (C=O) groups excluding carboxylic acids is 3. The Bertz CT molecular complexity index is 1170. The van der Waals surface area contributed by atoms with Crippen molar-refractivity contribution in [3.63, 3.8) is 0 Å². The molecule has 8 heteroatoms. The highest BCUT2D eigenvalue weighted by atomic mass is 19.1. The summed E-state index contributed by atoms with van der Waals surface area (Å²) in [5.74, 6) is -1.72. The highest BCUT2D eigenvalue weighted by Gasteiger charge is 2.41. The van der Waals surface area contributed by atoms with Gasteiger partial charge in [-0.1, -0.05) is 12.1 Å². The Balaban J connectivity index is 1.32. The lowest BCUT2D eigenvalue weighted by Gasteiger charge is -2.33. The molecular weight excluding hydrogens is 440 g/mol. The minimum atomic E-state index is -0.718. The third kappa shape index (κ3) is 4.11. The van der Waals surface area contributed by atoms with Crippen molar-refractivity contribution in [2.75, 3.05) is 13.1 Å². The van der Waals surface area contributed by atoms with Gasteiger partial charge in [-0.15, -0.1) is 0 Å². The first-order valence-electron chi connectivity index (χ1n) is 11.7. The van der Waals surface area contributed by atoms with E-state index in [2.05, 4.69) is 10.2 Å². The van der Waals surface area contributed by atoms with Crippen molar-refractivity contribution < 1.29 is 23.2 Å². The van der Waals surface area contributed by atoms with Crippen molar-refractivity contribution in [2.45, 2.75) is 57.7 Å². The summed E-state index contributed by atoms with van der Waals surface area (Å²) in [5, 5.41) is 2.30. The maximum Gasteiger partial charge on any atom is 0.255 e. The Kier molecular flexibility index (Phi) is 5.93. The minimum absolute atomic E-state index is 0.101. The molecule has 2 fully saturated rings. The van der Waals surface area contributed by atoms with E-state index in [1.165, 1.54) is 23.1 Å². The summed E-state index contributed by atoms with van der Waals surface area (Å²) < 4.78 is 28.4. The molecule has 1 unspecified atom stereocenters. The van der Waals surface area contributed by atoms with Crippen molar-refractivity contribution in [1.82, 2.24) is 15.1 Å². The number of rotatable bonds is 4. The smallest absolute Gasteiger partial charge is 0.255 e. The zero-order valence-corrected chi connectivity index (χ0v) is 19.1. The van der Waals surface area contributed by atoms with Gasteiger partial charge in [0.1, 0.15) is 17.7 Å². The molecule has 3 aliphatic heterocycles. The van der Waals surface area contributed by atoms with E-state index in [-0.39, 0.29) is 42.9 Å². The van der Waals surface area contributed by atoms with Gasteiger partial charge in [0, 0.05) is 25.1 Å². The van der Waals surface area contributed by atoms with Crippen molar-refractivity contribution in [1.29, 1.82) is 0 Å². The molecule has 178 valence electrons. The van der Waals surface area contributed by atoms with Crippen LogP contribution in [0.25, 0.3) is 0 Å². The average Bonchev–Trinajstić information content (AvgIpc) is 3.13. The summed E-state index contributed by atoms with van der Waals surface area (Å²) in [6, 6.07) is 7.20. The predicted octanol–water partition coefficient (Wildman–Crippen LogP) is 3.41. The fourth-order valence-electron chi connectivity index (χ4n) is 5.48. The number of fused-ring (bicyclic) bond motifs is 1. The van der Waals surface area contributed by atoms with Gasteiger partial charge in [0.05, 0.1) is 0 Å². The fourth-order valence-corrected chi connectivity index (χ4v) is 5.48. The standard InChI is InChI=1S/C26H27F2N3O3/c1-15-17(3-2-4-22(15)28)13-30-9-7-16(8-10-30)19-11-18(27)12-20-21(19)14-31(26(20)34)23-5-6-24(32)29-25(23)33/h2-4,11-12,16,23H,5-10,13-14H2,1H3,(H,29,32,33). The van der Waals surface area contributed by atoms with Gasteiger partial charge in [-0.05, 0) is 85.6 Å². The molecule has 0 aromatic heterocycles. The van der Waals surface area contributed by atoms with Gasteiger partial charge in [0.2, 0.25) is 11.8 Å². The molecule has 3 amide bonds. The first-order chi connectivity index (χ1) is 16.3. The number of likely N-dealkylation sites (tertiary alicyclic amines) is 1. The fraction of sp³-hybridized carbons (Fsp3) is 0.423. The average molecular weight is 468 g/mol. The van der Waals surface area contributed by atoms with Crippen molar-refractivity contribution in [2.24, 2.45) is 0 Å². The topological polar surface area (TPSA) is 69.7 Å². The lowest BCUT2D eigenvalue weighted by atomic mass is 9.85. The number of halogens is 2. The molecule has 2 aromatic carbocycles. The monoisotopic (exact) mass is 467 g/mol. The van der Waals surface area contributed by atoms with Gasteiger partial charge in [0.25, 0.3) is 5.91 Å². The molecule has 3 aliphatic rings. The van der Waals surface area contributed by atoms with Gasteiger partial charge in [-0.25, -0.2) is 8.78 Å². The summed E-state index contributed by atoms with van der Waals surface area (Å²) in [6.45, 7) is 4.28. The molecule has 3 heterocycles. The Morgan fingerprint density at radius 2 is 1.82 bits per heavy atom. The molecule has 1 N–H and O–H groups in total. The zero-order valence-electron chi connectivity index (χ0n) is 19.1. The van der Waals surface area contributed by atoms with E-state index in [0.29, 0.717) is 17.7 Å². The maximum atomic E-state index is 14.6. The van der Waals surface area contributed by atoms with Crippen LogP contribution in [0.1, 0.15) is 64.2 Å². The molecule has 0 spiro atoms. The molecule has 0 radical (unpaired) electrons. The van der Waals surface area contributed by atoms with E-state index in [1.54, 1.807) is 13.0 Å². The Labute approximate surface area is 196 Å². The second-order valence-electron chi connectivity index (χ2n) is 9.50. The van der Waals surface area contributed by atoms with Crippen LogP contribution in [-0.2, 0) is 22.7 Å². The Hall–Kier alpha value is -3.13. The predicted molar refractivity (Wildman–Crippen MR) is 121 cm³/mol. The van der Waals surface area contributed by atoms with Crippen molar-refractivity contribution >= 4 is 17.7 Å². The van der Waals surface area contributed by atoms with Crippen LogP contribution < -0.4 is 5.32 Å². The number of carbonyl (C=O) groups is 3. The molecular formula is C26H27F2N3O3. The van der Waals surface area contributed by atoms with E-state index in [4.69, 9.17) is 0 Å². The largest absolute Gasteiger partial charge is 0.322 e. The molecule has 0 saturated carbocycles. The first-order valence-corrected chi connectivity index (χ1v) is 11.7. The number of benzene rings is 2. The second kappa shape index (κ2) is 8.91. The summed E-state index contributed by atoms with van der Waals surface area (Å²) in [4.78, 5) is 40.7. The third-order valence-corrected chi connectivity index (χ3v) is 7.46. The van der Waals surface area contributed by atoms with Crippen LogP contribution in [-0.4, -0.2) is 46.7 Å². The molecule has 2 aromatic rings. The van der Waals surface area contributed by atoms with Crippen LogP contribution in [0, 0.1) is 18.6 Å².